The highest BCUT2D eigenvalue weighted by atomic mass is 16.5. The zero-order valence-corrected chi connectivity index (χ0v) is 13.1. The molecule has 0 aromatic carbocycles. The lowest BCUT2D eigenvalue weighted by atomic mass is 10.1. The van der Waals surface area contributed by atoms with Gasteiger partial charge < -0.3 is 14.6 Å². The summed E-state index contributed by atoms with van der Waals surface area (Å²) in [5.74, 6) is 1.03. The van der Waals surface area contributed by atoms with E-state index in [9.17, 15) is 4.79 Å². The lowest BCUT2D eigenvalue weighted by Crippen LogP contribution is -2.42. The first-order chi connectivity index (χ1) is 10.1. The summed E-state index contributed by atoms with van der Waals surface area (Å²) >= 11 is 0. The van der Waals surface area contributed by atoms with E-state index in [-0.39, 0.29) is 11.8 Å². The molecule has 1 amide bonds. The molecule has 1 unspecified atom stereocenters. The van der Waals surface area contributed by atoms with Crippen LogP contribution in [0.15, 0.2) is 10.6 Å². The van der Waals surface area contributed by atoms with E-state index in [1.807, 2.05) is 13.0 Å². The SMILES string of the molecule is CC(CN1CCOCC1)C(=O)NCc1cc(C(C)C)no1. The van der Waals surface area contributed by atoms with Gasteiger partial charge in [0.05, 0.1) is 25.5 Å². The average Bonchev–Trinajstić information content (AvgIpc) is 2.95. The topological polar surface area (TPSA) is 67.6 Å². The van der Waals surface area contributed by atoms with E-state index in [1.165, 1.54) is 0 Å². The minimum Gasteiger partial charge on any atom is -0.379 e. The van der Waals surface area contributed by atoms with Crippen LogP contribution in [-0.4, -0.2) is 48.8 Å². The Morgan fingerprint density at radius 2 is 2.10 bits per heavy atom. The Balaban J connectivity index is 1.74. The van der Waals surface area contributed by atoms with Crippen molar-refractivity contribution in [2.75, 3.05) is 32.8 Å². The molecule has 1 fully saturated rings. The van der Waals surface area contributed by atoms with E-state index in [0.717, 1.165) is 38.5 Å². The molecule has 1 saturated heterocycles. The summed E-state index contributed by atoms with van der Waals surface area (Å²) in [5, 5.41) is 6.89. The molecule has 0 saturated carbocycles. The third-order valence-corrected chi connectivity index (χ3v) is 3.69. The van der Waals surface area contributed by atoms with Crippen molar-refractivity contribution in [2.45, 2.75) is 33.2 Å². The zero-order chi connectivity index (χ0) is 15.2. The van der Waals surface area contributed by atoms with Gasteiger partial charge in [0, 0.05) is 31.6 Å². The van der Waals surface area contributed by atoms with Gasteiger partial charge in [-0.1, -0.05) is 25.9 Å². The fourth-order valence-electron chi connectivity index (χ4n) is 2.29. The number of nitrogens with zero attached hydrogens (tertiary/aromatic N) is 2. The summed E-state index contributed by atoms with van der Waals surface area (Å²) in [7, 11) is 0. The monoisotopic (exact) mass is 295 g/mol. The Hall–Kier alpha value is -1.40. The normalized spacial score (nSPS) is 17.9. The predicted octanol–water partition coefficient (Wildman–Crippen LogP) is 1.38. The van der Waals surface area contributed by atoms with E-state index in [1.54, 1.807) is 0 Å². The smallest absolute Gasteiger partial charge is 0.224 e. The summed E-state index contributed by atoms with van der Waals surface area (Å²) in [6.07, 6.45) is 0. The highest BCUT2D eigenvalue weighted by Crippen LogP contribution is 2.14. The van der Waals surface area contributed by atoms with E-state index in [2.05, 4.69) is 29.2 Å². The van der Waals surface area contributed by atoms with Gasteiger partial charge >= 0.3 is 0 Å². The number of hydrogen-bond donors (Lipinski definition) is 1. The van der Waals surface area contributed by atoms with Crippen molar-refractivity contribution in [1.82, 2.24) is 15.4 Å². The summed E-state index contributed by atoms with van der Waals surface area (Å²) in [5.41, 5.74) is 0.917. The van der Waals surface area contributed by atoms with Gasteiger partial charge in [-0.25, -0.2) is 0 Å². The Morgan fingerprint density at radius 3 is 2.71 bits per heavy atom. The maximum absolute atomic E-state index is 12.1. The molecule has 0 radical (unpaired) electrons. The quantitative estimate of drug-likeness (QED) is 0.859. The van der Waals surface area contributed by atoms with Crippen LogP contribution < -0.4 is 5.32 Å². The number of hydrogen-bond acceptors (Lipinski definition) is 5. The molecule has 0 bridgehead atoms. The van der Waals surface area contributed by atoms with Crippen LogP contribution in [0.1, 0.15) is 38.1 Å². The molecule has 118 valence electrons. The van der Waals surface area contributed by atoms with Gasteiger partial charge in [-0.05, 0) is 5.92 Å². The van der Waals surface area contributed by atoms with Crippen molar-refractivity contribution in [3.63, 3.8) is 0 Å². The van der Waals surface area contributed by atoms with Crippen molar-refractivity contribution in [3.05, 3.63) is 17.5 Å². The van der Waals surface area contributed by atoms with Gasteiger partial charge in [0.2, 0.25) is 5.91 Å². The zero-order valence-electron chi connectivity index (χ0n) is 13.1. The fourth-order valence-corrected chi connectivity index (χ4v) is 2.29. The summed E-state index contributed by atoms with van der Waals surface area (Å²) in [6, 6.07) is 1.90. The lowest BCUT2D eigenvalue weighted by Gasteiger charge is -2.28. The highest BCUT2D eigenvalue weighted by molar-refractivity contribution is 5.78. The Labute approximate surface area is 125 Å². The van der Waals surface area contributed by atoms with Crippen LogP contribution in [0, 0.1) is 5.92 Å². The molecule has 1 aliphatic rings. The Bertz CT molecular complexity index is 453. The predicted molar refractivity (Wildman–Crippen MR) is 78.9 cm³/mol. The van der Waals surface area contributed by atoms with E-state index >= 15 is 0 Å². The van der Waals surface area contributed by atoms with Gasteiger partial charge in [-0.15, -0.1) is 0 Å². The second-order valence-electron chi connectivity index (χ2n) is 5.90. The molecular weight excluding hydrogens is 270 g/mol. The second-order valence-corrected chi connectivity index (χ2v) is 5.90. The van der Waals surface area contributed by atoms with Gasteiger partial charge in [0.1, 0.15) is 0 Å². The summed E-state index contributed by atoms with van der Waals surface area (Å²) in [6.45, 7) is 10.5. The van der Waals surface area contributed by atoms with Crippen LogP contribution in [0.4, 0.5) is 0 Å². The Kier molecular flexibility index (Phi) is 5.76. The van der Waals surface area contributed by atoms with Gasteiger partial charge in [-0.3, -0.25) is 9.69 Å². The van der Waals surface area contributed by atoms with Gasteiger partial charge in [0.25, 0.3) is 0 Å². The minimum absolute atomic E-state index is 0.0454. The molecule has 1 atom stereocenters. The number of carbonyl (C=O) groups is 1. The standard InChI is InChI=1S/C15H25N3O3/c1-11(2)14-8-13(21-17-14)9-16-15(19)12(3)10-18-4-6-20-7-5-18/h8,11-12H,4-7,9-10H2,1-3H3,(H,16,19). The van der Waals surface area contributed by atoms with Crippen molar-refractivity contribution in [1.29, 1.82) is 0 Å². The molecule has 0 aliphatic carbocycles. The van der Waals surface area contributed by atoms with E-state index in [0.29, 0.717) is 18.2 Å². The van der Waals surface area contributed by atoms with Crippen LogP contribution in [0.5, 0.6) is 0 Å². The molecule has 2 heterocycles. The molecular formula is C15H25N3O3. The fraction of sp³-hybridized carbons (Fsp3) is 0.733. The number of nitrogens with one attached hydrogen (secondary N) is 1. The highest BCUT2D eigenvalue weighted by Gasteiger charge is 2.19. The average molecular weight is 295 g/mol. The first kappa shape index (κ1) is 16.0. The number of ether oxygens (including phenoxy) is 1. The Morgan fingerprint density at radius 1 is 1.38 bits per heavy atom. The lowest BCUT2D eigenvalue weighted by molar-refractivity contribution is -0.125. The first-order valence-electron chi connectivity index (χ1n) is 7.59. The molecule has 1 N–H and O–H groups in total. The van der Waals surface area contributed by atoms with Crippen LogP contribution in [0.3, 0.4) is 0 Å². The number of carbonyl (C=O) groups excluding carboxylic acids is 1. The van der Waals surface area contributed by atoms with Crippen molar-refractivity contribution in [2.24, 2.45) is 5.92 Å². The van der Waals surface area contributed by atoms with Crippen LogP contribution in [0.25, 0.3) is 0 Å². The summed E-state index contributed by atoms with van der Waals surface area (Å²) < 4.78 is 10.5. The number of aromatic nitrogens is 1. The maximum Gasteiger partial charge on any atom is 0.224 e. The molecule has 1 aromatic heterocycles. The second kappa shape index (κ2) is 7.56. The van der Waals surface area contributed by atoms with Crippen molar-refractivity contribution < 1.29 is 14.1 Å². The van der Waals surface area contributed by atoms with E-state index in [4.69, 9.17) is 9.26 Å². The third kappa shape index (κ3) is 4.82. The third-order valence-electron chi connectivity index (χ3n) is 3.69. The first-order valence-corrected chi connectivity index (χ1v) is 7.59. The summed E-state index contributed by atoms with van der Waals surface area (Å²) in [4.78, 5) is 14.4. The molecule has 6 nitrogen and oxygen atoms in total. The molecule has 1 aliphatic heterocycles. The maximum atomic E-state index is 12.1. The number of amides is 1. The van der Waals surface area contributed by atoms with E-state index < -0.39 is 0 Å². The van der Waals surface area contributed by atoms with Crippen molar-refractivity contribution in [3.8, 4) is 0 Å². The van der Waals surface area contributed by atoms with Crippen LogP contribution >= 0.6 is 0 Å². The van der Waals surface area contributed by atoms with Gasteiger partial charge in [0.15, 0.2) is 5.76 Å². The number of rotatable bonds is 6. The molecule has 21 heavy (non-hydrogen) atoms. The van der Waals surface area contributed by atoms with Crippen molar-refractivity contribution >= 4 is 5.91 Å². The molecule has 0 spiro atoms. The number of morpholine rings is 1. The minimum atomic E-state index is -0.0457. The molecule has 2 rings (SSSR count). The molecule has 6 heteroatoms. The molecule has 1 aromatic rings. The largest absolute Gasteiger partial charge is 0.379 e. The van der Waals surface area contributed by atoms with Crippen LogP contribution in [-0.2, 0) is 16.1 Å². The van der Waals surface area contributed by atoms with Gasteiger partial charge in [-0.2, -0.15) is 0 Å². The van der Waals surface area contributed by atoms with Crippen LogP contribution in [0.2, 0.25) is 0 Å².